The first-order valence-electron chi connectivity index (χ1n) is 7.49. The number of hydrogen-bond acceptors (Lipinski definition) is 2. The van der Waals surface area contributed by atoms with Gasteiger partial charge in [0.25, 0.3) is 5.91 Å². The monoisotopic (exact) mass is 283 g/mol. The summed E-state index contributed by atoms with van der Waals surface area (Å²) in [6.07, 6.45) is 1.82. The van der Waals surface area contributed by atoms with Crippen LogP contribution in [-0.4, -0.2) is 34.1 Å². The van der Waals surface area contributed by atoms with Crippen LogP contribution >= 0.6 is 0 Å². The summed E-state index contributed by atoms with van der Waals surface area (Å²) in [5, 5.41) is 12.5. The summed E-state index contributed by atoms with van der Waals surface area (Å²) in [5.41, 5.74) is -0.159. The summed E-state index contributed by atoms with van der Waals surface area (Å²) in [6, 6.07) is 13.7. The van der Waals surface area contributed by atoms with Gasteiger partial charge in [-0.1, -0.05) is 30.3 Å². The molecule has 110 valence electrons. The van der Waals surface area contributed by atoms with Crippen molar-refractivity contribution in [3.8, 4) is 0 Å². The number of fused-ring (bicyclic) bond motifs is 1. The van der Waals surface area contributed by atoms with E-state index in [1.807, 2.05) is 47.4 Å². The lowest BCUT2D eigenvalue weighted by Gasteiger charge is -2.33. The highest BCUT2D eigenvalue weighted by Gasteiger charge is 2.38. The van der Waals surface area contributed by atoms with Gasteiger partial charge in [-0.3, -0.25) is 4.79 Å². The van der Waals surface area contributed by atoms with E-state index in [9.17, 15) is 9.90 Å². The van der Waals surface area contributed by atoms with Crippen LogP contribution in [0.2, 0.25) is 0 Å². The summed E-state index contributed by atoms with van der Waals surface area (Å²) < 4.78 is 0. The first-order chi connectivity index (χ1) is 9.97. The van der Waals surface area contributed by atoms with Crippen molar-refractivity contribution >= 4 is 16.7 Å². The lowest BCUT2D eigenvalue weighted by atomic mass is 9.96. The van der Waals surface area contributed by atoms with Crippen molar-refractivity contribution in [3.63, 3.8) is 0 Å². The van der Waals surface area contributed by atoms with E-state index >= 15 is 0 Å². The van der Waals surface area contributed by atoms with Crippen molar-refractivity contribution < 1.29 is 9.90 Å². The first-order valence-corrected chi connectivity index (χ1v) is 7.49. The molecule has 1 atom stereocenters. The second-order valence-electron chi connectivity index (χ2n) is 6.37. The molecule has 1 N–H and O–H groups in total. The molecule has 2 aromatic carbocycles. The molecule has 1 saturated heterocycles. The predicted octanol–water partition coefficient (Wildman–Crippen LogP) is 3.22. The van der Waals surface area contributed by atoms with Crippen molar-refractivity contribution in [2.24, 2.45) is 0 Å². The minimum Gasteiger partial charge on any atom is -0.388 e. The number of carbonyl (C=O) groups excluding carboxylic acids is 1. The first kappa shape index (κ1) is 14.1. The van der Waals surface area contributed by atoms with Crippen LogP contribution in [0.25, 0.3) is 10.8 Å². The maximum Gasteiger partial charge on any atom is 0.254 e. The predicted molar refractivity (Wildman–Crippen MR) is 84.3 cm³/mol. The smallest absolute Gasteiger partial charge is 0.254 e. The molecular formula is C18H21NO2. The molecule has 0 aromatic heterocycles. The summed E-state index contributed by atoms with van der Waals surface area (Å²) in [5.74, 6) is 0.0189. The number of carbonyl (C=O) groups is 1. The molecule has 1 unspecified atom stereocenters. The fraction of sp³-hybridized carbons (Fsp3) is 0.389. The highest BCUT2D eigenvalue weighted by Crippen LogP contribution is 2.28. The van der Waals surface area contributed by atoms with Crippen molar-refractivity contribution in [2.45, 2.75) is 38.3 Å². The summed E-state index contributed by atoms with van der Waals surface area (Å²) in [4.78, 5) is 14.6. The maximum atomic E-state index is 12.8. The van der Waals surface area contributed by atoms with Crippen LogP contribution < -0.4 is 0 Å². The van der Waals surface area contributed by atoms with Gasteiger partial charge in [0, 0.05) is 12.1 Å². The molecule has 0 aliphatic carbocycles. The highest BCUT2D eigenvalue weighted by atomic mass is 16.3. The second-order valence-corrected chi connectivity index (χ2v) is 6.37. The third-order valence-electron chi connectivity index (χ3n) is 4.33. The molecule has 0 radical (unpaired) electrons. The largest absolute Gasteiger partial charge is 0.388 e. The zero-order chi connectivity index (χ0) is 15.0. The molecule has 1 heterocycles. The molecule has 1 fully saturated rings. The maximum absolute atomic E-state index is 12.8. The molecule has 0 saturated carbocycles. The van der Waals surface area contributed by atoms with E-state index in [2.05, 4.69) is 0 Å². The Hall–Kier alpha value is -1.87. The van der Waals surface area contributed by atoms with Crippen LogP contribution in [0.4, 0.5) is 0 Å². The van der Waals surface area contributed by atoms with Crippen LogP contribution in [0.15, 0.2) is 42.5 Å². The van der Waals surface area contributed by atoms with Gasteiger partial charge in [0.15, 0.2) is 0 Å². The number of nitrogens with zero attached hydrogens (tertiary/aromatic N) is 1. The van der Waals surface area contributed by atoms with E-state index < -0.39 is 5.60 Å². The van der Waals surface area contributed by atoms with Crippen LogP contribution in [0.5, 0.6) is 0 Å². The molecule has 3 heteroatoms. The van der Waals surface area contributed by atoms with E-state index in [4.69, 9.17) is 0 Å². The van der Waals surface area contributed by atoms with Gasteiger partial charge in [-0.15, -0.1) is 0 Å². The van der Waals surface area contributed by atoms with Crippen LogP contribution in [0.1, 0.15) is 37.0 Å². The van der Waals surface area contributed by atoms with Gasteiger partial charge in [-0.25, -0.2) is 0 Å². The number of likely N-dealkylation sites (tertiary alicyclic amines) is 1. The van der Waals surface area contributed by atoms with E-state index in [-0.39, 0.29) is 11.9 Å². The van der Waals surface area contributed by atoms with Gasteiger partial charge >= 0.3 is 0 Å². The van der Waals surface area contributed by atoms with Crippen molar-refractivity contribution in [1.29, 1.82) is 0 Å². The number of benzene rings is 2. The number of hydrogen-bond donors (Lipinski definition) is 1. The molecule has 3 nitrogen and oxygen atoms in total. The lowest BCUT2D eigenvalue weighted by molar-refractivity contribution is 0.000343. The minimum atomic E-state index is -0.858. The average Bonchev–Trinajstić information content (AvgIpc) is 2.95. The van der Waals surface area contributed by atoms with Gasteiger partial charge in [0.1, 0.15) is 0 Å². The van der Waals surface area contributed by atoms with Crippen molar-refractivity contribution in [3.05, 3.63) is 48.0 Å². The second kappa shape index (κ2) is 5.15. The molecule has 21 heavy (non-hydrogen) atoms. The van der Waals surface area contributed by atoms with Gasteiger partial charge in [0.05, 0.1) is 11.6 Å². The zero-order valence-electron chi connectivity index (χ0n) is 12.5. The molecule has 2 aromatic rings. The number of amides is 1. The minimum absolute atomic E-state index is 0.0189. The Bertz CT molecular complexity index is 672. The number of aliphatic hydroxyl groups is 1. The Morgan fingerprint density at radius 3 is 2.62 bits per heavy atom. The fourth-order valence-corrected chi connectivity index (χ4v) is 3.23. The molecule has 3 rings (SSSR count). The van der Waals surface area contributed by atoms with Crippen LogP contribution in [-0.2, 0) is 0 Å². The fourth-order valence-electron chi connectivity index (χ4n) is 3.23. The lowest BCUT2D eigenvalue weighted by Crippen LogP contribution is -2.48. The zero-order valence-corrected chi connectivity index (χ0v) is 12.5. The van der Waals surface area contributed by atoms with Crippen LogP contribution in [0.3, 0.4) is 0 Å². The van der Waals surface area contributed by atoms with Crippen molar-refractivity contribution in [2.75, 3.05) is 6.54 Å². The summed E-state index contributed by atoms with van der Waals surface area (Å²) in [6.45, 7) is 4.29. The molecule has 0 spiro atoms. The topological polar surface area (TPSA) is 40.5 Å². The van der Waals surface area contributed by atoms with E-state index in [0.717, 1.165) is 30.2 Å². The molecule has 1 aliphatic rings. The van der Waals surface area contributed by atoms with E-state index in [1.165, 1.54) is 0 Å². The van der Waals surface area contributed by atoms with E-state index in [0.29, 0.717) is 5.56 Å². The molecule has 0 bridgehead atoms. The Balaban J connectivity index is 1.93. The molecule has 1 aliphatic heterocycles. The normalized spacial score (nSPS) is 19.2. The Labute approximate surface area is 125 Å². The van der Waals surface area contributed by atoms with Gasteiger partial charge in [0.2, 0.25) is 0 Å². The van der Waals surface area contributed by atoms with E-state index in [1.54, 1.807) is 13.8 Å². The Morgan fingerprint density at radius 2 is 1.90 bits per heavy atom. The summed E-state index contributed by atoms with van der Waals surface area (Å²) >= 11 is 0. The third kappa shape index (κ3) is 2.66. The quantitative estimate of drug-likeness (QED) is 0.919. The average molecular weight is 283 g/mol. The number of rotatable bonds is 2. The third-order valence-corrected chi connectivity index (χ3v) is 4.33. The molecular weight excluding hydrogens is 262 g/mol. The van der Waals surface area contributed by atoms with Crippen LogP contribution in [0, 0.1) is 0 Å². The Kier molecular flexibility index (Phi) is 3.46. The highest BCUT2D eigenvalue weighted by molar-refractivity contribution is 5.98. The van der Waals surface area contributed by atoms with Gasteiger partial charge in [-0.05, 0) is 49.6 Å². The van der Waals surface area contributed by atoms with Gasteiger partial charge < -0.3 is 10.0 Å². The standard InChI is InChI=1S/C18H21NO2/c1-18(2,21)16-8-5-11-19(16)17(20)15-10-9-13-6-3-4-7-14(13)12-15/h3-4,6-7,9-10,12,16,21H,5,8,11H2,1-2H3. The molecule has 1 amide bonds. The van der Waals surface area contributed by atoms with Crippen molar-refractivity contribution in [1.82, 2.24) is 4.90 Å². The SMILES string of the molecule is CC(C)(O)C1CCCN1C(=O)c1ccc2ccccc2c1. The Morgan fingerprint density at radius 1 is 1.19 bits per heavy atom. The summed E-state index contributed by atoms with van der Waals surface area (Å²) in [7, 11) is 0. The van der Waals surface area contributed by atoms with Gasteiger partial charge in [-0.2, -0.15) is 0 Å².